The molecular formula is C7H27N3O7P2. The largest absolute Gasteiger partial charge is 0.370 e. The van der Waals surface area contributed by atoms with Gasteiger partial charge in [0.2, 0.25) is 0 Å². The number of aliphatic hydroxyl groups excluding tert-OH is 1. The zero-order valence-electron chi connectivity index (χ0n) is 11.1. The monoisotopic (exact) mass is 327 g/mol. The maximum Gasteiger partial charge on any atom is 0.368 e. The molecule has 0 radical (unpaired) electrons. The molecule has 19 heavy (non-hydrogen) atoms. The summed E-state index contributed by atoms with van der Waals surface area (Å²) in [5, 5.41) is 8.91. The quantitative estimate of drug-likeness (QED) is 0.252. The van der Waals surface area contributed by atoms with E-state index in [9.17, 15) is 9.13 Å². The smallest absolute Gasteiger partial charge is 0.368 e. The van der Waals surface area contributed by atoms with Crippen LogP contribution in [0.15, 0.2) is 0 Å². The number of unbranched alkanes of at least 4 members (excludes halogenated alkanes) is 3. The first-order chi connectivity index (χ1) is 7.22. The molecule has 0 aromatic rings. The molecule has 0 saturated heterocycles. The average molecular weight is 327 g/mol. The Bertz CT molecular complexity index is 298. The number of hydrogen-bond acceptors (Lipinski definition) is 7. The lowest BCUT2D eigenvalue weighted by atomic mass is 10.2. The maximum absolute atomic E-state index is 11.2. The van der Waals surface area contributed by atoms with E-state index in [0.29, 0.717) is 6.42 Å². The molecule has 2 atom stereocenters. The van der Waals surface area contributed by atoms with Crippen molar-refractivity contribution in [3.8, 4) is 0 Å². The van der Waals surface area contributed by atoms with Crippen molar-refractivity contribution in [3.63, 3.8) is 0 Å². The molecule has 0 aliphatic carbocycles. The van der Waals surface area contributed by atoms with E-state index in [-0.39, 0.29) is 25.1 Å². The summed E-state index contributed by atoms with van der Waals surface area (Å²) in [6.07, 6.45) is 3.23. The third kappa shape index (κ3) is 11.6. The van der Waals surface area contributed by atoms with Gasteiger partial charge >= 0.3 is 15.2 Å². The van der Waals surface area contributed by atoms with Gasteiger partial charge in [-0.05, 0) is 6.42 Å². The van der Waals surface area contributed by atoms with Gasteiger partial charge < -0.3 is 42.8 Å². The Kier molecular flexibility index (Phi) is 17.2. The van der Waals surface area contributed by atoms with Crippen molar-refractivity contribution < 1.29 is 33.4 Å². The third-order valence-corrected chi connectivity index (χ3v) is 5.38. The molecule has 122 valence electrons. The topological polar surface area (TPSA) is 229 Å². The van der Waals surface area contributed by atoms with Crippen LogP contribution in [0.4, 0.5) is 0 Å². The Labute approximate surface area is 113 Å². The summed E-state index contributed by atoms with van der Waals surface area (Å²) in [6.45, 7) is 1.89. The summed E-state index contributed by atoms with van der Waals surface area (Å²) < 4.78 is 26.2. The Balaban J connectivity index is -0.000000375. The van der Waals surface area contributed by atoms with Crippen LogP contribution in [0.2, 0.25) is 0 Å². The van der Waals surface area contributed by atoms with Crippen LogP contribution in [0.5, 0.6) is 0 Å². The first-order valence-electron chi connectivity index (χ1n) is 4.92. The van der Waals surface area contributed by atoms with Gasteiger partial charge in [0.1, 0.15) is 0 Å². The highest BCUT2D eigenvalue weighted by atomic mass is 31.2. The van der Waals surface area contributed by atoms with Crippen LogP contribution >= 0.6 is 15.2 Å². The van der Waals surface area contributed by atoms with Crippen LogP contribution in [0.25, 0.3) is 0 Å². The van der Waals surface area contributed by atoms with Gasteiger partial charge in [0, 0.05) is 0 Å². The molecule has 0 rings (SSSR count). The maximum atomic E-state index is 11.2. The summed E-state index contributed by atoms with van der Waals surface area (Å²) in [7, 11) is -9.68. The summed E-state index contributed by atoms with van der Waals surface area (Å²) in [4.78, 5) is 26.1. The van der Waals surface area contributed by atoms with Gasteiger partial charge in [-0.3, -0.25) is 9.13 Å². The normalized spacial score (nSPS) is 15.2. The highest BCUT2D eigenvalue weighted by molar-refractivity contribution is 7.70. The van der Waals surface area contributed by atoms with Crippen molar-refractivity contribution >= 4 is 15.2 Å². The van der Waals surface area contributed by atoms with Crippen LogP contribution in [0, 0.1) is 0 Å². The summed E-state index contributed by atoms with van der Waals surface area (Å²) in [5.74, 6) is 0. The second-order valence-electron chi connectivity index (χ2n) is 3.39. The first kappa shape index (κ1) is 27.5. The molecule has 2 unspecified atom stereocenters. The van der Waals surface area contributed by atoms with E-state index >= 15 is 0 Å². The fourth-order valence-electron chi connectivity index (χ4n) is 0.981. The minimum Gasteiger partial charge on any atom is -0.370 e. The third-order valence-electron chi connectivity index (χ3n) is 1.87. The van der Waals surface area contributed by atoms with Crippen molar-refractivity contribution in [2.24, 2.45) is 0 Å². The van der Waals surface area contributed by atoms with E-state index in [2.05, 4.69) is 4.52 Å². The Hall–Kier alpha value is 0.140. The van der Waals surface area contributed by atoms with Crippen LogP contribution < -0.4 is 18.5 Å². The molecule has 0 aliphatic rings. The Morgan fingerprint density at radius 2 is 1.47 bits per heavy atom. The number of aliphatic hydroxyl groups is 1. The van der Waals surface area contributed by atoms with Crippen LogP contribution in [-0.4, -0.2) is 32.0 Å². The first-order valence-corrected chi connectivity index (χ1v) is 8.25. The zero-order chi connectivity index (χ0) is 12.8. The van der Waals surface area contributed by atoms with Crippen molar-refractivity contribution in [3.05, 3.63) is 0 Å². The van der Waals surface area contributed by atoms with E-state index in [1.807, 2.05) is 6.92 Å². The lowest BCUT2D eigenvalue weighted by molar-refractivity contribution is 0.186. The second kappa shape index (κ2) is 11.9. The minimum absolute atomic E-state index is 0. The van der Waals surface area contributed by atoms with E-state index in [1.54, 1.807) is 0 Å². The predicted molar refractivity (Wildman–Crippen MR) is 73.0 cm³/mol. The van der Waals surface area contributed by atoms with Crippen molar-refractivity contribution in [1.82, 2.24) is 18.5 Å². The fraction of sp³-hybridized carbons (Fsp3) is 1.00. The van der Waals surface area contributed by atoms with E-state index in [0.717, 1.165) is 19.3 Å². The molecule has 0 bridgehead atoms. The SMILES string of the molecule is CCCCCCOP(=O)(O)C(O)P(=O)(O)O.N.N.N. The predicted octanol–water partition coefficient (Wildman–Crippen LogP) is 1.71. The molecule has 0 amide bonds. The van der Waals surface area contributed by atoms with E-state index in [4.69, 9.17) is 19.8 Å². The molecule has 0 aromatic heterocycles. The molecule has 13 N–H and O–H groups in total. The van der Waals surface area contributed by atoms with Gasteiger partial charge in [0.25, 0.3) is 5.59 Å². The van der Waals surface area contributed by atoms with Crippen molar-refractivity contribution in [1.29, 1.82) is 0 Å². The molecule has 0 heterocycles. The van der Waals surface area contributed by atoms with Gasteiger partial charge in [-0.2, -0.15) is 0 Å². The lowest BCUT2D eigenvalue weighted by Crippen LogP contribution is -2.10. The van der Waals surface area contributed by atoms with Crippen LogP contribution in [0.1, 0.15) is 32.6 Å². The lowest BCUT2D eigenvalue weighted by Gasteiger charge is -2.18. The standard InChI is InChI=1S/C7H18O7P2.3H3N/c1-2-3-4-5-6-14-16(12,13)7(8)15(9,10)11;;;/h7-8H,2-6H2,1H3,(H,12,13)(H2,9,10,11);3*1H3. The summed E-state index contributed by atoms with van der Waals surface area (Å²) in [5.41, 5.74) is -2.66. The second-order valence-corrected chi connectivity index (χ2v) is 7.34. The molecule has 0 aliphatic heterocycles. The molecular weight excluding hydrogens is 300 g/mol. The summed E-state index contributed by atoms with van der Waals surface area (Å²) >= 11 is 0. The average Bonchev–Trinajstić information content (AvgIpc) is 2.15. The molecule has 0 saturated carbocycles. The molecule has 0 aromatic carbocycles. The van der Waals surface area contributed by atoms with Crippen LogP contribution in [0.3, 0.4) is 0 Å². The zero-order valence-corrected chi connectivity index (χ0v) is 12.9. The van der Waals surface area contributed by atoms with Crippen LogP contribution in [-0.2, 0) is 13.7 Å². The van der Waals surface area contributed by atoms with Crippen molar-refractivity contribution in [2.75, 3.05) is 6.61 Å². The molecule has 0 fully saturated rings. The van der Waals surface area contributed by atoms with Crippen molar-refractivity contribution in [2.45, 2.75) is 38.2 Å². The van der Waals surface area contributed by atoms with Gasteiger partial charge in [-0.1, -0.05) is 26.2 Å². The summed E-state index contributed by atoms with van der Waals surface area (Å²) in [6, 6.07) is 0. The number of hydrogen-bond donors (Lipinski definition) is 7. The Morgan fingerprint density at radius 3 is 1.84 bits per heavy atom. The number of rotatable bonds is 8. The van der Waals surface area contributed by atoms with Gasteiger partial charge in [-0.25, -0.2) is 0 Å². The van der Waals surface area contributed by atoms with E-state index < -0.39 is 20.8 Å². The minimum atomic E-state index is -5.02. The van der Waals surface area contributed by atoms with Gasteiger partial charge in [0.15, 0.2) is 0 Å². The highest BCUT2D eigenvalue weighted by Crippen LogP contribution is 2.61. The van der Waals surface area contributed by atoms with E-state index in [1.165, 1.54) is 0 Å². The fourth-order valence-corrected chi connectivity index (χ4v) is 3.23. The molecule has 12 heteroatoms. The van der Waals surface area contributed by atoms with Gasteiger partial charge in [-0.15, -0.1) is 0 Å². The highest BCUT2D eigenvalue weighted by Gasteiger charge is 2.44. The molecule has 0 spiro atoms. The van der Waals surface area contributed by atoms with Gasteiger partial charge in [0.05, 0.1) is 6.61 Å². The molecule has 10 nitrogen and oxygen atoms in total. The Morgan fingerprint density at radius 1 is 1.00 bits per heavy atom.